The zero-order valence-corrected chi connectivity index (χ0v) is 14.8. The maximum absolute atomic E-state index is 13.0. The molecule has 0 spiro atoms. The van der Waals surface area contributed by atoms with Crippen molar-refractivity contribution in [2.75, 3.05) is 0 Å². The highest BCUT2D eigenvalue weighted by Crippen LogP contribution is 2.31. The molecule has 5 nitrogen and oxygen atoms in total. The summed E-state index contributed by atoms with van der Waals surface area (Å²) in [6.45, 7) is 9.20. The van der Waals surface area contributed by atoms with Gasteiger partial charge in [0, 0.05) is 17.7 Å². The van der Waals surface area contributed by atoms with E-state index in [0.717, 1.165) is 27.9 Å². The Labute approximate surface area is 140 Å². The fourth-order valence-electron chi connectivity index (χ4n) is 3.75. The summed E-state index contributed by atoms with van der Waals surface area (Å²) in [5.74, 6) is -0.102. The fourth-order valence-corrected chi connectivity index (χ4v) is 3.75. The van der Waals surface area contributed by atoms with Crippen LogP contribution in [0.25, 0.3) is 11.1 Å². The van der Waals surface area contributed by atoms with Crippen LogP contribution in [0.2, 0.25) is 0 Å². The van der Waals surface area contributed by atoms with Gasteiger partial charge in [-0.25, -0.2) is 9.36 Å². The molecule has 0 aromatic carbocycles. The number of hydrogen-bond donors (Lipinski definition) is 0. The summed E-state index contributed by atoms with van der Waals surface area (Å²) in [4.78, 5) is 36.8. The van der Waals surface area contributed by atoms with Crippen molar-refractivity contribution in [3.8, 4) is 0 Å². The SMILES string of the molecule is CCC1=C(C)C(=O)n2c1cc1c(C)c(CCC(C)=O)c(C)n1c2=O. The number of allylic oxidation sites excluding steroid dienone is 2. The zero-order valence-electron chi connectivity index (χ0n) is 14.8. The second-order valence-electron chi connectivity index (χ2n) is 6.52. The molecule has 0 saturated carbocycles. The van der Waals surface area contributed by atoms with Crippen LogP contribution >= 0.6 is 0 Å². The number of fused-ring (bicyclic) bond motifs is 2. The molecular formula is C19H22N2O3. The van der Waals surface area contributed by atoms with Gasteiger partial charge < -0.3 is 4.79 Å². The monoisotopic (exact) mass is 326 g/mol. The van der Waals surface area contributed by atoms with Gasteiger partial charge in [-0.15, -0.1) is 0 Å². The Kier molecular flexibility index (Phi) is 3.82. The van der Waals surface area contributed by atoms with E-state index in [9.17, 15) is 14.4 Å². The molecule has 0 unspecified atom stereocenters. The van der Waals surface area contributed by atoms with Crippen molar-refractivity contribution in [2.24, 2.45) is 0 Å². The molecule has 0 N–H and O–H groups in total. The van der Waals surface area contributed by atoms with Gasteiger partial charge in [0.15, 0.2) is 0 Å². The summed E-state index contributed by atoms with van der Waals surface area (Å²) in [5, 5.41) is 0. The molecule has 3 rings (SSSR count). The van der Waals surface area contributed by atoms with E-state index in [1.807, 2.05) is 26.8 Å². The lowest BCUT2D eigenvalue weighted by molar-refractivity contribution is -0.116. The van der Waals surface area contributed by atoms with Gasteiger partial charge in [-0.2, -0.15) is 0 Å². The predicted octanol–water partition coefficient (Wildman–Crippen LogP) is 3.08. The van der Waals surface area contributed by atoms with E-state index < -0.39 is 0 Å². The number of carbonyl (C=O) groups excluding carboxylic acids is 2. The first-order valence-electron chi connectivity index (χ1n) is 8.30. The quantitative estimate of drug-likeness (QED) is 0.867. The van der Waals surface area contributed by atoms with Gasteiger partial charge in [0.25, 0.3) is 5.91 Å². The minimum absolute atomic E-state index is 0.130. The molecule has 2 aromatic heterocycles. The summed E-state index contributed by atoms with van der Waals surface area (Å²) in [5.41, 5.74) is 5.66. The van der Waals surface area contributed by atoms with Gasteiger partial charge >= 0.3 is 5.69 Å². The van der Waals surface area contributed by atoms with E-state index in [2.05, 4.69) is 0 Å². The van der Waals surface area contributed by atoms with Gasteiger partial charge in [0.05, 0.1) is 11.2 Å². The van der Waals surface area contributed by atoms with E-state index in [1.165, 1.54) is 4.57 Å². The molecule has 0 bridgehead atoms. The van der Waals surface area contributed by atoms with Crippen LogP contribution in [0.15, 0.2) is 16.4 Å². The largest absolute Gasteiger partial charge is 0.340 e. The van der Waals surface area contributed by atoms with Gasteiger partial charge in [-0.1, -0.05) is 6.92 Å². The van der Waals surface area contributed by atoms with Crippen LogP contribution in [0.3, 0.4) is 0 Å². The van der Waals surface area contributed by atoms with Crippen LogP contribution in [-0.2, 0) is 11.2 Å². The fraction of sp³-hybridized carbons (Fsp3) is 0.421. The van der Waals surface area contributed by atoms with E-state index in [0.29, 0.717) is 30.5 Å². The molecule has 0 radical (unpaired) electrons. The van der Waals surface area contributed by atoms with Crippen molar-refractivity contribution in [2.45, 2.75) is 53.9 Å². The highest BCUT2D eigenvalue weighted by Gasteiger charge is 2.29. The topological polar surface area (TPSA) is 60.6 Å². The molecule has 0 fully saturated rings. The van der Waals surface area contributed by atoms with Gasteiger partial charge in [-0.3, -0.25) is 9.20 Å². The van der Waals surface area contributed by atoms with Crippen LogP contribution in [0.4, 0.5) is 0 Å². The molecule has 0 saturated heterocycles. The molecule has 24 heavy (non-hydrogen) atoms. The molecule has 0 amide bonds. The van der Waals surface area contributed by atoms with Crippen molar-refractivity contribution >= 4 is 22.8 Å². The Morgan fingerprint density at radius 2 is 1.83 bits per heavy atom. The summed E-state index contributed by atoms with van der Waals surface area (Å²) in [6, 6.07) is 1.94. The lowest BCUT2D eigenvalue weighted by Crippen LogP contribution is -2.31. The molecule has 2 aromatic rings. The third kappa shape index (κ3) is 2.11. The lowest BCUT2D eigenvalue weighted by atomic mass is 10.0. The maximum atomic E-state index is 13.0. The smallest absolute Gasteiger partial charge is 0.300 e. The van der Waals surface area contributed by atoms with Crippen LogP contribution in [-0.4, -0.2) is 20.7 Å². The zero-order chi connectivity index (χ0) is 17.8. The Balaban J connectivity index is 2.32. The summed E-state index contributed by atoms with van der Waals surface area (Å²) >= 11 is 0. The highest BCUT2D eigenvalue weighted by atomic mass is 16.2. The third-order valence-corrected chi connectivity index (χ3v) is 5.11. The summed E-state index contributed by atoms with van der Waals surface area (Å²) in [7, 11) is 0. The molecule has 3 heterocycles. The van der Waals surface area contributed by atoms with Crippen molar-refractivity contribution in [3.63, 3.8) is 0 Å². The Bertz CT molecular complexity index is 986. The normalized spacial score (nSPS) is 14.0. The molecule has 126 valence electrons. The Morgan fingerprint density at radius 3 is 2.42 bits per heavy atom. The first-order valence-corrected chi connectivity index (χ1v) is 8.30. The number of aryl methyl sites for hydroxylation is 2. The summed E-state index contributed by atoms with van der Waals surface area (Å²) < 4.78 is 2.89. The standard InChI is InChI=1S/C19H22N2O3/c1-6-14-12(4)18(23)21-17(14)9-16-11(3)15(8-7-10(2)22)13(5)20(16)19(21)24/h9H,6-8H2,1-5H3. The van der Waals surface area contributed by atoms with Crippen molar-refractivity contribution in [1.29, 1.82) is 0 Å². The van der Waals surface area contributed by atoms with Gasteiger partial charge in [0.2, 0.25) is 0 Å². The number of carbonyl (C=O) groups is 2. The number of hydrogen-bond acceptors (Lipinski definition) is 3. The predicted molar refractivity (Wildman–Crippen MR) is 93.6 cm³/mol. The maximum Gasteiger partial charge on any atom is 0.340 e. The van der Waals surface area contributed by atoms with Crippen LogP contribution in [0.5, 0.6) is 0 Å². The summed E-state index contributed by atoms with van der Waals surface area (Å²) in [6.07, 6.45) is 1.79. The number of aromatic nitrogens is 2. The molecule has 1 aliphatic rings. The molecule has 5 heteroatoms. The lowest BCUT2D eigenvalue weighted by Gasteiger charge is -2.07. The second-order valence-corrected chi connectivity index (χ2v) is 6.52. The Morgan fingerprint density at radius 1 is 1.17 bits per heavy atom. The number of Topliss-reactive ketones (excluding diaryl/α,β-unsaturated/α-hetero) is 1. The first kappa shape index (κ1) is 16.4. The van der Waals surface area contributed by atoms with Crippen LogP contribution in [0.1, 0.15) is 60.9 Å². The van der Waals surface area contributed by atoms with E-state index >= 15 is 0 Å². The van der Waals surface area contributed by atoms with Gasteiger partial charge in [-0.05, 0) is 63.3 Å². The molecule has 0 atom stereocenters. The third-order valence-electron chi connectivity index (χ3n) is 5.11. The average Bonchev–Trinajstić information content (AvgIpc) is 2.91. The number of rotatable bonds is 4. The molecule has 0 aliphatic carbocycles. The average molecular weight is 326 g/mol. The second kappa shape index (κ2) is 5.58. The number of ketones is 1. The van der Waals surface area contributed by atoms with Crippen LogP contribution < -0.4 is 5.69 Å². The van der Waals surface area contributed by atoms with E-state index in [-0.39, 0.29) is 17.4 Å². The highest BCUT2D eigenvalue weighted by molar-refractivity contribution is 6.08. The van der Waals surface area contributed by atoms with Crippen LogP contribution in [0, 0.1) is 13.8 Å². The first-order chi connectivity index (χ1) is 11.3. The minimum atomic E-state index is -0.315. The Hall–Kier alpha value is -2.43. The van der Waals surface area contributed by atoms with E-state index in [4.69, 9.17) is 0 Å². The van der Waals surface area contributed by atoms with E-state index in [1.54, 1.807) is 18.2 Å². The van der Waals surface area contributed by atoms with Crippen molar-refractivity contribution < 1.29 is 9.59 Å². The van der Waals surface area contributed by atoms with Crippen molar-refractivity contribution in [3.05, 3.63) is 44.6 Å². The molecular weight excluding hydrogens is 304 g/mol. The van der Waals surface area contributed by atoms with Crippen molar-refractivity contribution in [1.82, 2.24) is 8.97 Å². The van der Waals surface area contributed by atoms with Gasteiger partial charge in [0.1, 0.15) is 5.78 Å². The minimum Gasteiger partial charge on any atom is -0.300 e. The molecule has 1 aliphatic heterocycles. The number of nitrogens with zero attached hydrogens (tertiary/aromatic N) is 2.